The van der Waals surface area contributed by atoms with E-state index >= 15 is 0 Å². The normalized spacial score (nSPS) is 17.0. The van der Waals surface area contributed by atoms with E-state index in [0.717, 1.165) is 26.2 Å². The summed E-state index contributed by atoms with van der Waals surface area (Å²) in [7, 11) is 0. The summed E-state index contributed by atoms with van der Waals surface area (Å²) in [6.07, 6.45) is 0. The van der Waals surface area contributed by atoms with Crippen LogP contribution in [0, 0.1) is 0 Å². The first-order valence-electron chi connectivity index (χ1n) is 8.18. The smallest absolute Gasteiger partial charge is 0.278 e. The number of amides is 1. The molecule has 23 heavy (non-hydrogen) atoms. The molecule has 3 rings (SSSR count). The predicted molar refractivity (Wildman–Crippen MR) is 95.0 cm³/mol. The van der Waals surface area contributed by atoms with Crippen molar-refractivity contribution in [1.29, 1.82) is 0 Å². The fourth-order valence-corrected chi connectivity index (χ4v) is 3.69. The molecule has 0 radical (unpaired) electrons. The summed E-state index contributed by atoms with van der Waals surface area (Å²) in [6, 6.07) is 14.6. The molecule has 0 saturated carbocycles. The molecule has 1 saturated heterocycles. The second-order valence-electron chi connectivity index (χ2n) is 6.00. The highest BCUT2D eigenvalue weighted by molar-refractivity contribution is 7.09. The molecular formula is C18H24N3OS+. The Labute approximate surface area is 141 Å². The van der Waals surface area contributed by atoms with Gasteiger partial charge in [-0.3, -0.25) is 4.79 Å². The Balaban J connectivity index is 1.47. The first-order valence-corrected chi connectivity index (χ1v) is 9.06. The number of anilines is 1. The van der Waals surface area contributed by atoms with Crippen molar-refractivity contribution < 1.29 is 9.69 Å². The molecule has 2 N–H and O–H groups in total. The topological polar surface area (TPSA) is 36.8 Å². The number of quaternary nitrogens is 1. The van der Waals surface area contributed by atoms with Crippen LogP contribution in [-0.4, -0.2) is 38.1 Å². The van der Waals surface area contributed by atoms with E-state index < -0.39 is 0 Å². The van der Waals surface area contributed by atoms with Crippen molar-refractivity contribution in [2.75, 3.05) is 31.1 Å². The van der Waals surface area contributed by atoms with E-state index in [1.54, 1.807) is 11.3 Å². The number of hydrogen-bond donors (Lipinski definition) is 2. The minimum atomic E-state index is 0.00730. The molecular weight excluding hydrogens is 306 g/mol. The first kappa shape index (κ1) is 16.0. The summed E-state index contributed by atoms with van der Waals surface area (Å²) >= 11 is 1.68. The summed E-state index contributed by atoms with van der Waals surface area (Å²) in [5.74, 6) is 0.154. The van der Waals surface area contributed by atoms with E-state index in [2.05, 4.69) is 40.5 Å². The molecule has 1 amide bonds. The maximum atomic E-state index is 12.3. The number of benzene rings is 1. The van der Waals surface area contributed by atoms with Crippen molar-refractivity contribution in [3.05, 3.63) is 52.7 Å². The van der Waals surface area contributed by atoms with Gasteiger partial charge in [0.25, 0.3) is 5.91 Å². The number of carbonyl (C=O) groups excluding carboxylic acids is 1. The lowest BCUT2D eigenvalue weighted by atomic mass is 10.2. The number of rotatable bonds is 5. The molecule has 1 aromatic carbocycles. The maximum absolute atomic E-state index is 12.3. The van der Waals surface area contributed by atoms with Crippen LogP contribution < -0.4 is 15.1 Å². The van der Waals surface area contributed by atoms with Gasteiger partial charge >= 0.3 is 0 Å². The Morgan fingerprint density at radius 1 is 1.22 bits per heavy atom. The fourth-order valence-electron chi connectivity index (χ4n) is 3.05. The number of hydrogen-bond acceptors (Lipinski definition) is 3. The Bertz CT molecular complexity index is 606. The van der Waals surface area contributed by atoms with Crippen molar-refractivity contribution in [2.45, 2.75) is 19.5 Å². The van der Waals surface area contributed by atoms with E-state index in [-0.39, 0.29) is 11.9 Å². The van der Waals surface area contributed by atoms with Crippen molar-refractivity contribution in [3.63, 3.8) is 0 Å². The average molecular weight is 330 g/mol. The molecule has 1 aliphatic heterocycles. The quantitative estimate of drug-likeness (QED) is 0.863. The van der Waals surface area contributed by atoms with E-state index in [1.807, 2.05) is 24.4 Å². The Morgan fingerprint density at radius 2 is 1.96 bits per heavy atom. The standard InChI is InChI=1S/C18H23N3OS/c1-15(18(22)19-14-17-8-5-13-23-17)20-9-11-21(12-10-20)16-6-3-2-4-7-16/h2-8,13,15H,9-12,14H2,1H3,(H,19,22)/p+1/t15-/m1/s1. The number of nitrogens with one attached hydrogen (secondary N) is 2. The SMILES string of the molecule is C[C@H](C(=O)NCc1cccs1)[NH+]1CCN(c2ccccc2)CC1. The summed E-state index contributed by atoms with van der Waals surface area (Å²) in [6.45, 7) is 6.69. The third-order valence-corrected chi connectivity index (χ3v) is 5.43. The second kappa shape index (κ2) is 7.62. The van der Waals surface area contributed by atoms with Gasteiger partial charge in [0.2, 0.25) is 0 Å². The molecule has 1 aliphatic rings. The maximum Gasteiger partial charge on any atom is 0.278 e. The van der Waals surface area contributed by atoms with Gasteiger partial charge in [0.1, 0.15) is 0 Å². The van der Waals surface area contributed by atoms with Crippen LogP contribution in [0.2, 0.25) is 0 Å². The number of carbonyl (C=O) groups is 1. The van der Waals surface area contributed by atoms with Gasteiger partial charge in [0.15, 0.2) is 6.04 Å². The van der Waals surface area contributed by atoms with Crippen LogP contribution in [0.25, 0.3) is 0 Å². The van der Waals surface area contributed by atoms with E-state index in [1.165, 1.54) is 15.5 Å². The highest BCUT2D eigenvalue weighted by Crippen LogP contribution is 2.12. The molecule has 0 spiro atoms. The summed E-state index contributed by atoms with van der Waals surface area (Å²) in [4.78, 5) is 17.3. The zero-order valence-electron chi connectivity index (χ0n) is 13.5. The lowest BCUT2D eigenvalue weighted by molar-refractivity contribution is -0.914. The van der Waals surface area contributed by atoms with Crippen LogP contribution >= 0.6 is 11.3 Å². The molecule has 2 heterocycles. The molecule has 2 aromatic rings. The van der Waals surface area contributed by atoms with Gasteiger partial charge in [-0.05, 0) is 30.5 Å². The van der Waals surface area contributed by atoms with Crippen LogP contribution in [0.5, 0.6) is 0 Å². The zero-order chi connectivity index (χ0) is 16.1. The van der Waals surface area contributed by atoms with Gasteiger partial charge in [-0.25, -0.2) is 0 Å². The molecule has 0 unspecified atom stereocenters. The van der Waals surface area contributed by atoms with Gasteiger partial charge in [-0.15, -0.1) is 11.3 Å². The van der Waals surface area contributed by atoms with E-state index in [9.17, 15) is 4.79 Å². The molecule has 4 nitrogen and oxygen atoms in total. The highest BCUT2D eigenvalue weighted by atomic mass is 32.1. The predicted octanol–water partition coefficient (Wildman–Crippen LogP) is 1.16. The molecule has 0 aliphatic carbocycles. The highest BCUT2D eigenvalue weighted by Gasteiger charge is 2.28. The van der Waals surface area contributed by atoms with Crippen molar-refractivity contribution in [3.8, 4) is 0 Å². The van der Waals surface area contributed by atoms with Crippen LogP contribution in [0.3, 0.4) is 0 Å². The van der Waals surface area contributed by atoms with Gasteiger partial charge in [0, 0.05) is 10.6 Å². The van der Waals surface area contributed by atoms with Gasteiger partial charge in [-0.2, -0.15) is 0 Å². The molecule has 1 aromatic heterocycles. The minimum Gasteiger partial charge on any atom is -0.360 e. The molecule has 5 heteroatoms. The van der Waals surface area contributed by atoms with E-state index in [4.69, 9.17) is 0 Å². The Hall–Kier alpha value is -1.85. The largest absolute Gasteiger partial charge is 0.360 e. The third kappa shape index (κ3) is 4.12. The van der Waals surface area contributed by atoms with Crippen molar-refractivity contribution >= 4 is 22.9 Å². The monoisotopic (exact) mass is 330 g/mol. The lowest BCUT2D eigenvalue weighted by Crippen LogP contribution is -3.19. The van der Waals surface area contributed by atoms with Gasteiger partial charge in [-0.1, -0.05) is 24.3 Å². The molecule has 0 bridgehead atoms. The number of piperazine rings is 1. The Morgan fingerprint density at radius 3 is 2.61 bits per heavy atom. The van der Waals surface area contributed by atoms with Crippen LogP contribution in [-0.2, 0) is 11.3 Å². The zero-order valence-corrected chi connectivity index (χ0v) is 14.3. The summed E-state index contributed by atoms with van der Waals surface area (Å²) in [5.41, 5.74) is 1.28. The first-order chi connectivity index (χ1) is 11.2. The summed E-state index contributed by atoms with van der Waals surface area (Å²) in [5, 5.41) is 5.10. The molecule has 1 atom stereocenters. The van der Waals surface area contributed by atoms with Crippen LogP contribution in [0.4, 0.5) is 5.69 Å². The Kier molecular flexibility index (Phi) is 5.31. The lowest BCUT2D eigenvalue weighted by Gasteiger charge is -2.36. The van der Waals surface area contributed by atoms with E-state index in [0.29, 0.717) is 6.54 Å². The van der Waals surface area contributed by atoms with Crippen LogP contribution in [0.1, 0.15) is 11.8 Å². The van der Waals surface area contributed by atoms with Gasteiger partial charge < -0.3 is 15.1 Å². The third-order valence-electron chi connectivity index (χ3n) is 4.55. The van der Waals surface area contributed by atoms with Crippen LogP contribution in [0.15, 0.2) is 47.8 Å². The molecule has 1 fully saturated rings. The minimum absolute atomic E-state index is 0.00730. The summed E-state index contributed by atoms with van der Waals surface area (Å²) < 4.78 is 0. The van der Waals surface area contributed by atoms with Crippen molar-refractivity contribution in [1.82, 2.24) is 5.32 Å². The molecule has 122 valence electrons. The average Bonchev–Trinajstić information content (AvgIpc) is 3.13. The number of nitrogens with zero attached hydrogens (tertiary/aromatic N) is 1. The fraction of sp³-hybridized carbons (Fsp3) is 0.389. The number of para-hydroxylation sites is 1. The second-order valence-corrected chi connectivity index (χ2v) is 7.03. The van der Waals surface area contributed by atoms with Gasteiger partial charge in [0.05, 0.1) is 32.7 Å². The number of thiophene rings is 1. The van der Waals surface area contributed by atoms with Crippen molar-refractivity contribution in [2.24, 2.45) is 0 Å².